The highest BCUT2D eigenvalue weighted by molar-refractivity contribution is 6.30. The van der Waals surface area contributed by atoms with Gasteiger partial charge in [-0.1, -0.05) is 54.1 Å². The predicted octanol–water partition coefficient (Wildman–Crippen LogP) is 3.97. The molecule has 3 nitrogen and oxygen atoms in total. The molecule has 2 aromatic rings. The van der Waals surface area contributed by atoms with Crippen molar-refractivity contribution in [1.29, 1.82) is 0 Å². The lowest BCUT2D eigenvalue weighted by atomic mass is 9.80. The summed E-state index contributed by atoms with van der Waals surface area (Å²) < 4.78 is 0. The van der Waals surface area contributed by atoms with Crippen molar-refractivity contribution in [3.05, 3.63) is 70.7 Å². The Morgan fingerprint density at radius 1 is 1.08 bits per heavy atom. The molecule has 1 heterocycles. The van der Waals surface area contributed by atoms with Gasteiger partial charge in [0, 0.05) is 31.6 Å². The predicted molar refractivity (Wildman–Crippen MR) is 97.9 cm³/mol. The molecule has 126 valence electrons. The summed E-state index contributed by atoms with van der Waals surface area (Å²) in [6.07, 6.45) is 1.81. The number of carbonyl (C=O) groups is 1. The van der Waals surface area contributed by atoms with E-state index in [9.17, 15) is 4.79 Å². The Morgan fingerprint density at radius 2 is 1.71 bits per heavy atom. The lowest BCUT2D eigenvalue weighted by Gasteiger charge is -2.42. The van der Waals surface area contributed by atoms with Gasteiger partial charge in [-0.3, -0.25) is 9.69 Å². The maximum Gasteiger partial charge on any atom is 0.217 e. The molecule has 0 atom stereocenters. The molecule has 0 unspecified atom stereocenters. The van der Waals surface area contributed by atoms with Crippen molar-refractivity contribution in [1.82, 2.24) is 10.2 Å². The third-order valence-electron chi connectivity index (χ3n) is 4.77. The van der Waals surface area contributed by atoms with Crippen molar-refractivity contribution in [3.63, 3.8) is 0 Å². The van der Waals surface area contributed by atoms with E-state index in [-0.39, 0.29) is 11.4 Å². The third kappa shape index (κ3) is 3.97. The van der Waals surface area contributed by atoms with Crippen LogP contribution in [0.5, 0.6) is 0 Å². The number of piperidine rings is 1. The standard InChI is InChI=1S/C20H23ClN2O/c1-16(24)22-20(18-7-9-19(21)10-8-18)11-13-23(14-12-20)15-17-5-3-2-4-6-17/h2-10H,11-15H2,1H3,(H,22,24). The van der Waals surface area contributed by atoms with Crippen LogP contribution in [0.1, 0.15) is 30.9 Å². The van der Waals surface area contributed by atoms with Crippen LogP contribution in [0.15, 0.2) is 54.6 Å². The first kappa shape index (κ1) is 17.0. The number of benzene rings is 2. The average molecular weight is 343 g/mol. The van der Waals surface area contributed by atoms with Crippen LogP contribution < -0.4 is 5.32 Å². The minimum absolute atomic E-state index is 0.0152. The minimum atomic E-state index is -0.288. The molecule has 1 aliphatic heterocycles. The van der Waals surface area contributed by atoms with Crippen molar-refractivity contribution < 1.29 is 4.79 Å². The molecule has 1 amide bonds. The Balaban J connectivity index is 1.73. The second-order valence-electron chi connectivity index (χ2n) is 6.53. The molecule has 0 radical (unpaired) electrons. The first-order valence-electron chi connectivity index (χ1n) is 8.38. The van der Waals surface area contributed by atoms with Gasteiger partial charge >= 0.3 is 0 Å². The molecule has 0 aromatic heterocycles. The van der Waals surface area contributed by atoms with Crippen LogP contribution in [-0.4, -0.2) is 23.9 Å². The first-order chi connectivity index (χ1) is 11.6. The zero-order valence-corrected chi connectivity index (χ0v) is 14.7. The smallest absolute Gasteiger partial charge is 0.217 e. The number of halogens is 1. The van der Waals surface area contributed by atoms with E-state index in [1.165, 1.54) is 5.56 Å². The highest BCUT2D eigenvalue weighted by Crippen LogP contribution is 2.34. The number of hydrogen-bond acceptors (Lipinski definition) is 2. The summed E-state index contributed by atoms with van der Waals surface area (Å²) in [5.41, 5.74) is 2.18. The molecule has 1 N–H and O–H groups in total. The van der Waals surface area contributed by atoms with E-state index in [0.717, 1.165) is 43.1 Å². The molecule has 2 aromatic carbocycles. The fourth-order valence-electron chi connectivity index (χ4n) is 3.53. The molecule has 0 spiro atoms. The Kier molecular flexibility index (Phi) is 5.22. The molecule has 1 saturated heterocycles. The Hall–Kier alpha value is -1.84. The normalized spacial score (nSPS) is 17.4. The minimum Gasteiger partial charge on any atom is -0.347 e. The Morgan fingerprint density at radius 3 is 2.29 bits per heavy atom. The molecular weight excluding hydrogens is 320 g/mol. The van der Waals surface area contributed by atoms with Crippen molar-refractivity contribution >= 4 is 17.5 Å². The Labute approximate surface area is 148 Å². The van der Waals surface area contributed by atoms with Gasteiger partial charge in [0.25, 0.3) is 0 Å². The molecular formula is C20H23ClN2O. The lowest BCUT2D eigenvalue weighted by Crippen LogP contribution is -2.52. The summed E-state index contributed by atoms with van der Waals surface area (Å²) in [4.78, 5) is 14.2. The van der Waals surface area contributed by atoms with Crippen molar-refractivity contribution in [3.8, 4) is 0 Å². The zero-order chi connectivity index (χ0) is 17.0. The second kappa shape index (κ2) is 7.37. The van der Waals surface area contributed by atoms with Crippen LogP contribution in [0.25, 0.3) is 0 Å². The number of amides is 1. The maximum atomic E-state index is 11.8. The first-order valence-corrected chi connectivity index (χ1v) is 8.76. The number of nitrogens with one attached hydrogen (secondary N) is 1. The van der Waals surface area contributed by atoms with Crippen LogP contribution in [0.2, 0.25) is 5.02 Å². The molecule has 1 fully saturated rings. The fourth-order valence-corrected chi connectivity index (χ4v) is 3.65. The monoisotopic (exact) mass is 342 g/mol. The summed E-state index contributed by atoms with van der Waals surface area (Å²) in [7, 11) is 0. The summed E-state index contributed by atoms with van der Waals surface area (Å²) in [6, 6.07) is 18.4. The van der Waals surface area contributed by atoms with Gasteiger partial charge in [-0.2, -0.15) is 0 Å². The molecule has 24 heavy (non-hydrogen) atoms. The van der Waals surface area contributed by atoms with Gasteiger partial charge in [0.15, 0.2) is 0 Å². The molecule has 0 saturated carbocycles. The summed E-state index contributed by atoms with van der Waals surface area (Å²) >= 11 is 6.02. The van der Waals surface area contributed by atoms with Gasteiger partial charge in [0.1, 0.15) is 0 Å². The summed E-state index contributed by atoms with van der Waals surface area (Å²) in [5.74, 6) is 0.0152. The summed E-state index contributed by atoms with van der Waals surface area (Å²) in [6.45, 7) is 4.46. The molecule has 0 aliphatic carbocycles. The van der Waals surface area contributed by atoms with Gasteiger partial charge < -0.3 is 5.32 Å². The van der Waals surface area contributed by atoms with E-state index in [0.29, 0.717) is 0 Å². The van der Waals surface area contributed by atoms with Gasteiger partial charge in [-0.05, 0) is 36.1 Å². The highest BCUT2D eigenvalue weighted by atomic mass is 35.5. The number of nitrogens with zero attached hydrogens (tertiary/aromatic N) is 1. The van der Waals surface area contributed by atoms with Crippen LogP contribution >= 0.6 is 11.6 Å². The highest BCUT2D eigenvalue weighted by Gasteiger charge is 2.36. The van der Waals surface area contributed by atoms with Crippen LogP contribution in [0, 0.1) is 0 Å². The van der Waals surface area contributed by atoms with E-state index in [2.05, 4.69) is 34.5 Å². The van der Waals surface area contributed by atoms with Crippen LogP contribution in [-0.2, 0) is 16.9 Å². The average Bonchev–Trinajstić information content (AvgIpc) is 2.58. The number of likely N-dealkylation sites (tertiary alicyclic amines) is 1. The molecule has 3 rings (SSSR count). The topological polar surface area (TPSA) is 32.3 Å². The molecule has 0 bridgehead atoms. The number of rotatable bonds is 4. The largest absolute Gasteiger partial charge is 0.347 e. The van der Waals surface area contributed by atoms with Crippen molar-refractivity contribution in [2.75, 3.05) is 13.1 Å². The van der Waals surface area contributed by atoms with Crippen molar-refractivity contribution in [2.45, 2.75) is 31.8 Å². The fraction of sp³-hybridized carbons (Fsp3) is 0.350. The van der Waals surface area contributed by atoms with E-state index in [4.69, 9.17) is 11.6 Å². The summed E-state index contributed by atoms with van der Waals surface area (Å²) in [5, 5.41) is 3.93. The second-order valence-corrected chi connectivity index (χ2v) is 6.97. The van der Waals surface area contributed by atoms with Gasteiger partial charge in [-0.15, -0.1) is 0 Å². The maximum absolute atomic E-state index is 11.8. The van der Waals surface area contributed by atoms with Crippen molar-refractivity contribution in [2.24, 2.45) is 0 Å². The van der Waals surface area contributed by atoms with E-state index < -0.39 is 0 Å². The Bertz CT molecular complexity index is 677. The SMILES string of the molecule is CC(=O)NC1(c2ccc(Cl)cc2)CCN(Cc2ccccc2)CC1. The molecule has 4 heteroatoms. The van der Waals surface area contributed by atoms with Crippen LogP contribution in [0.3, 0.4) is 0 Å². The third-order valence-corrected chi connectivity index (χ3v) is 5.02. The number of carbonyl (C=O) groups excluding carboxylic acids is 1. The lowest BCUT2D eigenvalue weighted by molar-refractivity contribution is -0.121. The quantitative estimate of drug-likeness (QED) is 0.911. The van der Waals surface area contributed by atoms with E-state index in [1.807, 2.05) is 30.3 Å². The number of hydrogen-bond donors (Lipinski definition) is 1. The van der Waals surface area contributed by atoms with Gasteiger partial charge in [-0.25, -0.2) is 0 Å². The van der Waals surface area contributed by atoms with E-state index >= 15 is 0 Å². The van der Waals surface area contributed by atoms with Gasteiger partial charge in [0.2, 0.25) is 5.91 Å². The van der Waals surface area contributed by atoms with Gasteiger partial charge in [0.05, 0.1) is 5.54 Å². The zero-order valence-electron chi connectivity index (χ0n) is 14.0. The van der Waals surface area contributed by atoms with Crippen LogP contribution in [0.4, 0.5) is 0 Å². The van der Waals surface area contributed by atoms with E-state index in [1.54, 1.807) is 6.92 Å². The molecule has 1 aliphatic rings.